The van der Waals surface area contributed by atoms with Gasteiger partial charge in [-0.2, -0.15) is 0 Å². The summed E-state index contributed by atoms with van der Waals surface area (Å²) in [6, 6.07) is 21.4. The topological polar surface area (TPSA) is 6.48 Å². The molecule has 0 N–H and O–H groups in total. The highest BCUT2D eigenvalue weighted by Crippen LogP contribution is 2.14. The highest BCUT2D eigenvalue weighted by atomic mass is 15.3. The van der Waals surface area contributed by atoms with Gasteiger partial charge in [0.2, 0.25) is 0 Å². The van der Waals surface area contributed by atoms with Gasteiger partial charge in [-0.1, -0.05) is 67.6 Å². The fourth-order valence-electron chi connectivity index (χ4n) is 2.91. The Bertz CT molecular complexity index is 462. The van der Waals surface area contributed by atoms with Gasteiger partial charge in [0, 0.05) is 13.1 Å². The van der Waals surface area contributed by atoms with Gasteiger partial charge < -0.3 is 0 Å². The van der Waals surface area contributed by atoms with E-state index in [1.165, 1.54) is 11.1 Å². The predicted molar refractivity (Wildman–Crippen MR) is 89.9 cm³/mol. The summed E-state index contributed by atoms with van der Waals surface area (Å²) >= 11 is 0. The van der Waals surface area contributed by atoms with E-state index >= 15 is 0 Å². The molecule has 0 aliphatic carbocycles. The van der Waals surface area contributed by atoms with Crippen LogP contribution in [0.25, 0.3) is 0 Å². The first-order valence-corrected chi connectivity index (χ1v) is 7.69. The second-order valence-electron chi connectivity index (χ2n) is 5.69. The van der Waals surface area contributed by atoms with Crippen LogP contribution in [-0.2, 0) is 13.1 Å². The van der Waals surface area contributed by atoms with Crippen LogP contribution in [0.15, 0.2) is 60.7 Å². The normalized spacial score (nSPS) is 11.5. The molecule has 21 heavy (non-hydrogen) atoms. The third-order valence-corrected chi connectivity index (χ3v) is 3.93. The van der Waals surface area contributed by atoms with Crippen molar-refractivity contribution in [3.05, 3.63) is 71.8 Å². The zero-order chi connectivity index (χ0) is 15.1. The Kier molecular flexibility index (Phi) is 5.97. The highest BCUT2D eigenvalue weighted by Gasteiger charge is 2.18. The van der Waals surface area contributed by atoms with Crippen LogP contribution in [0.3, 0.4) is 0 Å². The molecule has 2 aromatic carbocycles. The lowest BCUT2D eigenvalue weighted by molar-refractivity contribution is 0.0678. The maximum atomic E-state index is 2.43. The van der Waals surface area contributed by atoms with Crippen LogP contribution in [0, 0.1) is 0 Å². The number of benzene rings is 2. The van der Waals surface area contributed by atoms with Gasteiger partial charge in [0.15, 0.2) is 0 Å². The van der Waals surface area contributed by atoms with E-state index in [1.54, 1.807) is 0 Å². The molecule has 2 nitrogen and oxygen atoms in total. The molecule has 0 radical (unpaired) electrons. The van der Waals surface area contributed by atoms with Crippen molar-refractivity contribution in [2.45, 2.75) is 32.6 Å². The fourth-order valence-corrected chi connectivity index (χ4v) is 2.91. The van der Waals surface area contributed by atoms with Crippen molar-refractivity contribution in [1.82, 2.24) is 9.80 Å². The van der Waals surface area contributed by atoms with Gasteiger partial charge in [-0.05, 0) is 31.6 Å². The molecule has 0 saturated carbocycles. The van der Waals surface area contributed by atoms with Crippen molar-refractivity contribution in [3.63, 3.8) is 0 Å². The van der Waals surface area contributed by atoms with Crippen LogP contribution in [0.2, 0.25) is 0 Å². The Balaban J connectivity index is 1.97. The minimum atomic E-state index is 0.449. The summed E-state index contributed by atoms with van der Waals surface area (Å²) in [6.45, 7) is 4.23. The van der Waals surface area contributed by atoms with Crippen molar-refractivity contribution < 1.29 is 0 Å². The first-order valence-electron chi connectivity index (χ1n) is 7.69. The summed E-state index contributed by atoms with van der Waals surface area (Å²) in [7, 11) is 4.42. The number of nitrogens with zero attached hydrogens (tertiary/aromatic N) is 2. The Labute approximate surface area is 129 Å². The van der Waals surface area contributed by atoms with Gasteiger partial charge in [-0.15, -0.1) is 0 Å². The standard InChI is InChI=1S/C19H26N2/c1-4-19(20(2)15-17-11-7-5-8-12-17)21(3)16-18-13-9-6-10-14-18/h5-14,19H,4,15-16H2,1-3H3. The monoisotopic (exact) mass is 282 g/mol. The van der Waals surface area contributed by atoms with E-state index < -0.39 is 0 Å². The summed E-state index contributed by atoms with van der Waals surface area (Å²) in [5.41, 5.74) is 2.73. The molecule has 2 heteroatoms. The van der Waals surface area contributed by atoms with E-state index in [2.05, 4.69) is 91.5 Å². The SMILES string of the molecule is CCC(N(C)Cc1ccccc1)N(C)Cc1ccccc1. The highest BCUT2D eigenvalue weighted by molar-refractivity contribution is 5.15. The van der Waals surface area contributed by atoms with Crippen molar-refractivity contribution in [3.8, 4) is 0 Å². The largest absolute Gasteiger partial charge is 0.287 e. The molecule has 2 aromatic rings. The van der Waals surface area contributed by atoms with Gasteiger partial charge in [0.1, 0.15) is 0 Å². The van der Waals surface area contributed by atoms with Gasteiger partial charge in [-0.3, -0.25) is 9.80 Å². The van der Waals surface area contributed by atoms with Crippen LogP contribution >= 0.6 is 0 Å². The van der Waals surface area contributed by atoms with Crippen molar-refractivity contribution in [2.24, 2.45) is 0 Å². The zero-order valence-electron chi connectivity index (χ0n) is 13.4. The summed E-state index contributed by atoms with van der Waals surface area (Å²) in [5.74, 6) is 0. The second kappa shape index (κ2) is 7.96. The molecule has 0 aliphatic rings. The summed E-state index contributed by atoms with van der Waals surface area (Å²) in [5, 5.41) is 0. The Morgan fingerprint density at radius 1 is 0.714 bits per heavy atom. The third-order valence-electron chi connectivity index (χ3n) is 3.93. The minimum absolute atomic E-state index is 0.449. The van der Waals surface area contributed by atoms with Crippen LogP contribution in [0.5, 0.6) is 0 Å². The summed E-state index contributed by atoms with van der Waals surface area (Å²) in [4.78, 5) is 4.86. The van der Waals surface area contributed by atoms with Crippen LogP contribution in [-0.4, -0.2) is 30.1 Å². The zero-order valence-corrected chi connectivity index (χ0v) is 13.4. The quantitative estimate of drug-likeness (QED) is 0.709. The first-order chi connectivity index (χ1) is 10.2. The first kappa shape index (κ1) is 15.7. The molecule has 0 heterocycles. The minimum Gasteiger partial charge on any atom is -0.287 e. The molecule has 2 rings (SSSR count). The Hall–Kier alpha value is -1.64. The molecule has 0 amide bonds. The number of hydrogen-bond donors (Lipinski definition) is 0. The predicted octanol–water partition coefficient (Wildman–Crippen LogP) is 3.99. The van der Waals surface area contributed by atoms with E-state index in [-0.39, 0.29) is 0 Å². The molecule has 0 fully saturated rings. The second-order valence-corrected chi connectivity index (χ2v) is 5.69. The maximum absolute atomic E-state index is 2.43. The number of rotatable bonds is 7. The lowest BCUT2D eigenvalue weighted by Crippen LogP contribution is -2.43. The van der Waals surface area contributed by atoms with Gasteiger partial charge in [0.25, 0.3) is 0 Å². The maximum Gasteiger partial charge on any atom is 0.0620 e. The molecular formula is C19H26N2. The molecule has 112 valence electrons. The summed E-state index contributed by atoms with van der Waals surface area (Å²) in [6.07, 6.45) is 1.57. The average Bonchev–Trinajstić information content (AvgIpc) is 2.50. The van der Waals surface area contributed by atoms with Gasteiger partial charge in [0.05, 0.1) is 6.17 Å². The van der Waals surface area contributed by atoms with E-state index in [0.717, 1.165) is 19.5 Å². The van der Waals surface area contributed by atoms with E-state index in [4.69, 9.17) is 0 Å². The molecule has 0 aliphatic heterocycles. The molecule has 0 bridgehead atoms. The molecule has 0 aromatic heterocycles. The van der Waals surface area contributed by atoms with E-state index in [9.17, 15) is 0 Å². The molecule has 0 atom stereocenters. The van der Waals surface area contributed by atoms with Crippen LogP contribution in [0.1, 0.15) is 24.5 Å². The van der Waals surface area contributed by atoms with Crippen molar-refractivity contribution in [2.75, 3.05) is 14.1 Å². The lowest BCUT2D eigenvalue weighted by atomic mass is 10.1. The summed E-state index contributed by atoms with van der Waals surface area (Å²) < 4.78 is 0. The molecule has 0 unspecified atom stereocenters. The van der Waals surface area contributed by atoms with E-state index in [0.29, 0.717) is 6.17 Å². The average molecular weight is 282 g/mol. The van der Waals surface area contributed by atoms with Gasteiger partial charge >= 0.3 is 0 Å². The van der Waals surface area contributed by atoms with Crippen molar-refractivity contribution >= 4 is 0 Å². The van der Waals surface area contributed by atoms with Crippen molar-refractivity contribution in [1.29, 1.82) is 0 Å². The Morgan fingerprint density at radius 2 is 1.10 bits per heavy atom. The van der Waals surface area contributed by atoms with Gasteiger partial charge in [-0.25, -0.2) is 0 Å². The van der Waals surface area contributed by atoms with Crippen LogP contribution in [0.4, 0.5) is 0 Å². The van der Waals surface area contributed by atoms with E-state index in [1.807, 2.05) is 0 Å². The van der Waals surface area contributed by atoms with Crippen LogP contribution < -0.4 is 0 Å². The molecule has 0 spiro atoms. The molecule has 0 saturated heterocycles. The number of hydrogen-bond acceptors (Lipinski definition) is 2. The molecular weight excluding hydrogens is 256 g/mol. The Morgan fingerprint density at radius 3 is 1.43 bits per heavy atom. The lowest BCUT2D eigenvalue weighted by Gasteiger charge is -2.35. The third kappa shape index (κ3) is 4.69. The smallest absolute Gasteiger partial charge is 0.0620 e. The fraction of sp³-hybridized carbons (Fsp3) is 0.368.